The molecule has 0 aliphatic rings. The number of nitrogens with zero attached hydrogens (tertiary/aromatic N) is 1. The predicted octanol–water partition coefficient (Wildman–Crippen LogP) is 5.49. The first-order valence-electron chi connectivity index (χ1n) is 8.87. The Hall–Kier alpha value is -3.09. The Morgan fingerprint density at radius 1 is 0.519 bits per heavy atom. The van der Waals surface area contributed by atoms with E-state index < -0.39 is 0 Å². The summed E-state index contributed by atoms with van der Waals surface area (Å²) < 4.78 is 0. The fourth-order valence-electron chi connectivity index (χ4n) is 3.08. The highest BCUT2D eigenvalue weighted by Gasteiger charge is 2.16. The summed E-state index contributed by atoms with van der Waals surface area (Å²) in [5.74, 6) is 0.344. The Labute approximate surface area is 161 Å². The molecule has 4 rings (SSSR count). The maximum atomic E-state index is 10.2. The minimum atomic E-state index is 0.344. The summed E-state index contributed by atoms with van der Waals surface area (Å²) in [4.78, 5) is 2.27. The van der Waals surface area contributed by atoms with Crippen molar-refractivity contribution in [2.24, 2.45) is 0 Å². The summed E-state index contributed by atoms with van der Waals surface area (Å²) in [7, 11) is 0.365. The summed E-state index contributed by atoms with van der Waals surface area (Å²) in [6.07, 6.45) is 0. The van der Waals surface area contributed by atoms with Gasteiger partial charge in [-0.3, -0.25) is 0 Å². The summed E-state index contributed by atoms with van der Waals surface area (Å²) in [5.41, 5.74) is 3.34. The molecule has 0 radical (unpaired) electrons. The zero-order valence-electron chi connectivity index (χ0n) is 14.8. The van der Waals surface area contributed by atoms with Gasteiger partial charge in [0.05, 0.1) is 5.69 Å². The van der Waals surface area contributed by atoms with Crippen LogP contribution in [-0.4, -0.2) is 5.11 Å². The molecule has 4 aromatic carbocycles. The van der Waals surface area contributed by atoms with Gasteiger partial charge in [-0.15, -0.1) is 0 Å². The zero-order chi connectivity index (χ0) is 18.5. The van der Waals surface area contributed by atoms with Crippen LogP contribution in [0.2, 0.25) is 0 Å². The van der Waals surface area contributed by atoms with Gasteiger partial charge in [0.15, 0.2) is 0 Å². The van der Waals surface area contributed by atoms with Crippen molar-refractivity contribution in [1.29, 1.82) is 0 Å². The minimum absolute atomic E-state index is 0.344. The van der Waals surface area contributed by atoms with Crippen molar-refractivity contribution in [3.63, 3.8) is 0 Å². The van der Waals surface area contributed by atoms with Crippen LogP contribution in [0.1, 0.15) is 0 Å². The van der Waals surface area contributed by atoms with Crippen molar-refractivity contribution in [2.45, 2.75) is 0 Å². The Kier molecular flexibility index (Phi) is 5.18. The maximum absolute atomic E-state index is 10.2. The van der Waals surface area contributed by atoms with E-state index in [4.69, 9.17) is 0 Å². The highest BCUT2D eigenvalue weighted by Crippen LogP contribution is 2.35. The summed E-state index contributed by atoms with van der Waals surface area (Å²) in [6.45, 7) is 0. The molecule has 0 spiro atoms. The number of anilines is 3. The lowest BCUT2D eigenvalue weighted by molar-refractivity contribution is 0.480. The molecular weight excluding hydrogens is 349 g/mol. The predicted molar refractivity (Wildman–Crippen MR) is 117 cm³/mol. The van der Waals surface area contributed by atoms with Crippen LogP contribution in [0.4, 0.5) is 17.1 Å². The molecule has 0 saturated carbocycles. The number of hydrogen-bond donors (Lipinski definition) is 1. The molecule has 0 aliphatic carbocycles. The molecule has 1 N–H and O–H groups in total. The number of para-hydroxylation sites is 4. The standard InChI is InChI=1S/C24H20NOP/c26-22-16-8-10-18-24(22)27-23-17-9-7-15-21(23)25(19-11-3-1-4-12-19)20-13-5-2-6-14-20/h1-18,26-27H. The molecule has 0 aliphatic heterocycles. The van der Waals surface area contributed by atoms with Gasteiger partial charge in [-0.25, -0.2) is 0 Å². The minimum Gasteiger partial charge on any atom is -0.507 e. The van der Waals surface area contributed by atoms with Crippen molar-refractivity contribution in [3.8, 4) is 5.75 Å². The molecule has 0 amide bonds. The fraction of sp³-hybridized carbons (Fsp3) is 0. The number of hydrogen-bond acceptors (Lipinski definition) is 2. The Morgan fingerprint density at radius 3 is 1.59 bits per heavy atom. The second kappa shape index (κ2) is 8.07. The van der Waals surface area contributed by atoms with Gasteiger partial charge < -0.3 is 10.0 Å². The molecule has 4 aromatic rings. The van der Waals surface area contributed by atoms with E-state index in [1.165, 1.54) is 5.30 Å². The van der Waals surface area contributed by atoms with E-state index >= 15 is 0 Å². The van der Waals surface area contributed by atoms with Crippen LogP contribution in [0.5, 0.6) is 5.75 Å². The van der Waals surface area contributed by atoms with Crippen LogP contribution >= 0.6 is 8.58 Å². The molecule has 27 heavy (non-hydrogen) atoms. The normalized spacial score (nSPS) is 11.0. The first-order valence-corrected chi connectivity index (χ1v) is 9.87. The smallest absolute Gasteiger partial charge is 0.123 e. The Bertz CT molecular complexity index is 979. The molecular formula is C24H20NOP. The van der Waals surface area contributed by atoms with Crippen molar-refractivity contribution in [2.75, 3.05) is 4.90 Å². The molecule has 1 atom stereocenters. The van der Waals surface area contributed by atoms with Gasteiger partial charge in [-0.2, -0.15) is 0 Å². The molecule has 0 heterocycles. The third-order valence-corrected chi connectivity index (χ3v) is 5.73. The largest absolute Gasteiger partial charge is 0.507 e. The number of rotatable bonds is 5. The first-order chi connectivity index (χ1) is 13.3. The lowest BCUT2D eigenvalue weighted by Gasteiger charge is -2.27. The number of phenolic OH excluding ortho intramolecular Hbond substituents is 1. The third-order valence-electron chi connectivity index (χ3n) is 4.35. The van der Waals surface area contributed by atoms with Crippen LogP contribution in [0, 0.1) is 0 Å². The Morgan fingerprint density at radius 2 is 1.00 bits per heavy atom. The van der Waals surface area contributed by atoms with Crippen LogP contribution in [0.3, 0.4) is 0 Å². The van der Waals surface area contributed by atoms with Gasteiger partial charge in [0.25, 0.3) is 0 Å². The lowest BCUT2D eigenvalue weighted by atomic mass is 10.2. The van der Waals surface area contributed by atoms with Gasteiger partial charge in [-0.1, -0.05) is 81.4 Å². The lowest BCUT2D eigenvalue weighted by Crippen LogP contribution is -2.17. The topological polar surface area (TPSA) is 23.5 Å². The molecule has 1 unspecified atom stereocenters. The quantitative estimate of drug-likeness (QED) is 0.470. The van der Waals surface area contributed by atoms with Crippen LogP contribution < -0.4 is 15.5 Å². The van der Waals surface area contributed by atoms with Gasteiger partial charge in [0, 0.05) is 22.0 Å². The van der Waals surface area contributed by atoms with E-state index in [2.05, 4.69) is 77.7 Å². The SMILES string of the molecule is Oc1ccccc1Pc1ccccc1N(c1ccccc1)c1ccccc1. The summed E-state index contributed by atoms with van der Waals surface area (Å²) >= 11 is 0. The first kappa shape index (κ1) is 17.3. The summed E-state index contributed by atoms with van der Waals surface area (Å²) in [6, 6.07) is 36.7. The molecule has 0 saturated heterocycles. The average Bonchev–Trinajstić information content (AvgIpc) is 2.73. The number of aromatic hydroxyl groups is 1. The molecule has 0 fully saturated rings. The fourth-order valence-corrected chi connectivity index (χ4v) is 4.26. The van der Waals surface area contributed by atoms with Crippen LogP contribution in [0.25, 0.3) is 0 Å². The van der Waals surface area contributed by atoms with E-state index in [0.717, 1.165) is 22.4 Å². The highest BCUT2D eigenvalue weighted by atomic mass is 31.1. The second-order valence-corrected chi connectivity index (χ2v) is 7.49. The molecule has 0 bridgehead atoms. The van der Waals surface area contributed by atoms with Gasteiger partial charge in [-0.05, 0) is 36.4 Å². The van der Waals surface area contributed by atoms with E-state index in [-0.39, 0.29) is 0 Å². The monoisotopic (exact) mass is 369 g/mol. The van der Waals surface area contributed by atoms with E-state index in [1.54, 1.807) is 6.07 Å². The zero-order valence-corrected chi connectivity index (χ0v) is 15.8. The second-order valence-electron chi connectivity index (χ2n) is 6.17. The Balaban J connectivity index is 1.83. The van der Waals surface area contributed by atoms with E-state index in [9.17, 15) is 5.11 Å². The average molecular weight is 369 g/mol. The summed E-state index contributed by atoms with van der Waals surface area (Å²) in [5, 5.41) is 12.4. The van der Waals surface area contributed by atoms with Crippen molar-refractivity contribution in [3.05, 3.63) is 109 Å². The molecule has 2 nitrogen and oxygen atoms in total. The molecule has 3 heteroatoms. The van der Waals surface area contributed by atoms with Crippen molar-refractivity contribution >= 4 is 36.3 Å². The van der Waals surface area contributed by atoms with Gasteiger partial charge in [0.2, 0.25) is 0 Å². The van der Waals surface area contributed by atoms with Crippen LogP contribution in [0.15, 0.2) is 109 Å². The number of phenols is 1. The van der Waals surface area contributed by atoms with Crippen molar-refractivity contribution in [1.82, 2.24) is 0 Å². The van der Waals surface area contributed by atoms with Crippen LogP contribution in [-0.2, 0) is 0 Å². The molecule has 132 valence electrons. The molecule has 0 aromatic heterocycles. The van der Waals surface area contributed by atoms with E-state index in [1.807, 2.05) is 30.3 Å². The van der Waals surface area contributed by atoms with Crippen molar-refractivity contribution < 1.29 is 5.11 Å². The van der Waals surface area contributed by atoms with Gasteiger partial charge in [0.1, 0.15) is 5.75 Å². The maximum Gasteiger partial charge on any atom is 0.123 e. The number of benzene rings is 4. The van der Waals surface area contributed by atoms with E-state index in [0.29, 0.717) is 14.3 Å². The third kappa shape index (κ3) is 3.86. The van der Waals surface area contributed by atoms with Gasteiger partial charge >= 0.3 is 0 Å². The highest BCUT2D eigenvalue weighted by molar-refractivity contribution is 7.56.